The van der Waals surface area contributed by atoms with E-state index in [1.54, 1.807) is 26.8 Å². The molecule has 1 amide bonds. The number of anilines is 1. The topological polar surface area (TPSA) is 38.8 Å². The van der Waals surface area contributed by atoms with E-state index in [2.05, 4.69) is 15.9 Å². The highest BCUT2D eigenvalue weighted by Crippen LogP contribution is 2.30. The lowest BCUT2D eigenvalue weighted by Gasteiger charge is -2.28. The average molecular weight is 384 g/mol. The second-order valence-electron chi connectivity index (χ2n) is 5.53. The maximum Gasteiger partial charge on any atom is 0.415 e. The van der Waals surface area contributed by atoms with Crippen molar-refractivity contribution in [1.29, 1.82) is 0 Å². The minimum Gasteiger partial charge on any atom is -0.497 e. The van der Waals surface area contributed by atoms with E-state index in [-0.39, 0.29) is 5.69 Å². The molecule has 0 bridgehead atoms. The van der Waals surface area contributed by atoms with Gasteiger partial charge < -0.3 is 9.47 Å². The molecule has 0 saturated carbocycles. The van der Waals surface area contributed by atoms with E-state index in [1.165, 1.54) is 19.2 Å². The van der Waals surface area contributed by atoms with Crippen LogP contribution in [0.25, 0.3) is 0 Å². The molecule has 0 saturated heterocycles. The number of rotatable bonds is 3. The van der Waals surface area contributed by atoms with Crippen molar-refractivity contribution in [2.45, 2.75) is 32.5 Å². The number of amides is 1. The van der Waals surface area contributed by atoms with Gasteiger partial charge in [0.2, 0.25) is 0 Å². The zero-order valence-electron chi connectivity index (χ0n) is 12.6. The van der Waals surface area contributed by atoms with Gasteiger partial charge in [-0.15, -0.1) is 0 Å². The quantitative estimate of drug-likeness (QED) is 0.754. The average Bonchev–Trinajstić information content (AvgIpc) is 2.31. The van der Waals surface area contributed by atoms with Crippen molar-refractivity contribution in [1.82, 2.24) is 0 Å². The summed E-state index contributed by atoms with van der Waals surface area (Å²) in [4.78, 5) is 12.6. The zero-order chi connectivity index (χ0) is 17.1. The molecule has 0 unspecified atom stereocenters. The lowest BCUT2D eigenvalue weighted by molar-refractivity contribution is -0.119. The molecule has 0 N–H and O–H groups in total. The van der Waals surface area contributed by atoms with Gasteiger partial charge in [-0.05, 0) is 32.9 Å². The van der Waals surface area contributed by atoms with Gasteiger partial charge in [-0.3, -0.25) is 4.90 Å². The van der Waals surface area contributed by atoms with Gasteiger partial charge in [-0.25, -0.2) is 4.79 Å². The molecule has 22 heavy (non-hydrogen) atoms. The highest BCUT2D eigenvalue weighted by molar-refractivity contribution is 9.10. The third-order valence-corrected chi connectivity index (χ3v) is 2.81. The van der Waals surface area contributed by atoms with E-state index < -0.39 is 24.4 Å². The summed E-state index contributed by atoms with van der Waals surface area (Å²) in [7, 11) is 1.38. The predicted octanol–water partition coefficient (Wildman–Crippen LogP) is 4.76. The fourth-order valence-corrected chi connectivity index (χ4v) is 2.04. The largest absolute Gasteiger partial charge is 0.497 e. The molecule has 1 aromatic carbocycles. The molecule has 0 aliphatic carbocycles. The van der Waals surface area contributed by atoms with Gasteiger partial charge in [0.05, 0.1) is 12.8 Å². The molecular formula is C14H17BrF3NO3. The van der Waals surface area contributed by atoms with Crippen LogP contribution in [0.15, 0.2) is 22.7 Å². The molecule has 1 aromatic rings. The number of carbonyl (C=O) groups is 1. The van der Waals surface area contributed by atoms with Gasteiger partial charge in [0.1, 0.15) is 17.9 Å². The first-order valence-corrected chi connectivity index (χ1v) is 7.12. The van der Waals surface area contributed by atoms with Crippen molar-refractivity contribution in [3.05, 3.63) is 22.7 Å². The fraction of sp³-hybridized carbons (Fsp3) is 0.500. The molecule has 4 nitrogen and oxygen atoms in total. The number of carbonyl (C=O) groups excluding carboxylic acids is 1. The summed E-state index contributed by atoms with van der Waals surface area (Å²) < 4.78 is 48.9. The SMILES string of the molecule is COc1cc(Br)cc(N(CC(F)(F)F)C(=O)OC(C)(C)C)c1. The van der Waals surface area contributed by atoms with Crippen LogP contribution in [-0.2, 0) is 4.74 Å². The highest BCUT2D eigenvalue weighted by Gasteiger charge is 2.36. The van der Waals surface area contributed by atoms with Gasteiger partial charge >= 0.3 is 12.3 Å². The minimum atomic E-state index is -4.56. The Morgan fingerprint density at radius 1 is 1.23 bits per heavy atom. The second-order valence-corrected chi connectivity index (χ2v) is 6.45. The smallest absolute Gasteiger partial charge is 0.415 e. The molecule has 1 rings (SSSR count). The number of halogens is 4. The van der Waals surface area contributed by atoms with Crippen LogP contribution in [0.4, 0.5) is 23.7 Å². The van der Waals surface area contributed by atoms with Crippen LogP contribution in [0, 0.1) is 0 Å². The van der Waals surface area contributed by atoms with E-state index in [4.69, 9.17) is 9.47 Å². The summed E-state index contributed by atoms with van der Waals surface area (Å²) in [6.07, 6.45) is -5.64. The van der Waals surface area contributed by atoms with Gasteiger partial charge in [-0.2, -0.15) is 13.2 Å². The number of hydrogen-bond donors (Lipinski definition) is 0. The van der Waals surface area contributed by atoms with Crippen molar-refractivity contribution in [3.8, 4) is 5.75 Å². The first-order chi connectivity index (χ1) is 9.91. The fourth-order valence-electron chi connectivity index (χ4n) is 1.58. The summed E-state index contributed by atoms with van der Waals surface area (Å²) in [5.74, 6) is 0.320. The van der Waals surface area contributed by atoms with E-state index in [0.717, 1.165) is 0 Å². The lowest BCUT2D eigenvalue weighted by atomic mass is 10.2. The number of ether oxygens (including phenoxy) is 2. The maximum absolute atomic E-state index is 12.8. The van der Waals surface area contributed by atoms with Crippen LogP contribution in [-0.4, -0.2) is 31.5 Å². The minimum absolute atomic E-state index is 0.0257. The third kappa shape index (κ3) is 6.13. The van der Waals surface area contributed by atoms with Crippen molar-refractivity contribution in [3.63, 3.8) is 0 Å². The number of nitrogens with zero attached hydrogens (tertiary/aromatic N) is 1. The summed E-state index contributed by atoms with van der Waals surface area (Å²) in [6.45, 7) is 3.29. The molecule has 0 aromatic heterocycles. The highest BCUT2D eigenvalue weighted by atomic mass is 79.9. The normalized spacial score (nSPS) is 12.0. The van der Waals surface area contributed by atoms with E-state index in [9.17, 15) is 18.0 Å². The van der Waals surface area contributed by atoms with Crippen LogP contribution in [0.3, 0.4) is 0 Å². The van der Waals surface area contributed by atoms with Crippen LogP contribution >= 0.6 is 15.9 Å². The Labute approximate surface area is 135 Å². The van der Waals surface area contributed by atoms with Crippen LogP contribution in [0.2, 0.25) is 0 Å². The van der Waals surface area contributed by atoms with Gasteiger partial charge in [0, 0.05) is 10.5 Å². The second kappa shape index (κ2) is 6.76. The molecule has 0 heterocycles. The third-order valence-electron chi connectivity index (χ3n) is 2.35. The first kappa shape index (κ1) is 18.6. The van der Waals surface area contributed by atoms with Crippen molar-refractivity contribution >= 4 is 27.7 Å². The Morgan fingerprint density at radius 3 is 2.27 bits per heavy atom. The molecule has 0 fully saturated rings. The van der Waals surface area contributed by atoms with Crippen molar-refractivity contribution < 1.29 is 27.4 Å². The summed E-state index contributed by atoms with van der Waals surface area (Å²) in [5, 5.41) is 0. The predicted molar refractivity (Wildman–Crippen MR) is 80.3 cm³/mol. The molecule has 0 atom stereocenters. The Balaban J connectivity index is 3.20. The summed E-state index contributed by atoms with van der Waals surface area (Å²) in [5.41, 5.74) is -0.880. The molecule has 8 heteroatoms. The van der Waals surface area contributed by atoms with E-state index in [1.807, 2.05) is 0 Å². The van der Waals surface area contributed by atoms with E-state index in [0.29, 0.717) is 15.1 Å². The summed E-state index contributed by atoms with van der Waals surface area (Å²) >= 11 is 3.17. The monoisotopic (exact) mass is 383 g/mol. The Hall–Kier alpha value is -1.44. The maximum atomic E-state index is 12.8. The van der Waals surface area contributed by atoms with Crippen LogP contribution in [0.1, 0.15) is 20.8 Å². The standard InChI is InChI=1S/C14H17BrF3NO3/c1-13(2,3)22-12(20)19(8-14(16,17)18)10-5-9(15)6-11(7-10)21-4/h5-7H,8H2,1-4H3. The number of alkyl halides is 3. The molecule has 124 valence electrons. The number of methoxy groups -OCH3 is 1. The summed E-state index contributed by atoms with van der Waals surface area (Å²) in [6, 6.07) is 4.29. The van der Waals surface area contributed by atoms with Crippen molar-refractivity contribution in [2.75, 3.05) is 18.6 Å². The van der Waals surface area contributed by atoms with Gasteiger partial charge in [-0.1, -0.05) is 15.9 Å². The Bertz CT molecular complexity index is 541. The lowest BCUT2D eigenvalue weighted by Crippen LogP contribution is -2.42. The van der Waals surface area contributed by atoms with Gasteiger partial charge in [0.25, 0.3) is 0 Å². The molecule has 0 spiro atoms. The van der Waals surface area contributed by atoms with Crippen LogP contribution in [0.5, 0.6) is 5.75 Å². The molecular weight excluding hydrogens is 367 g/mol. The first-order valence-electron chi connectivity index (χ1n) is 6.33. The molecule has 0 aliphatic heterocycles. The number of benzene rings is 1. The van der Waals surface area contributed by atoms with E-state index >= 15 is 0 Å². The molecule has 0 radical (unpaired) electrons. The zero-order valence-corrected chi connectivity index (χ0v) is 14.2. The van der Waals surface area contributed by atoms with Crippen LogP contribution < -0.4 is 9.64 Å². The van der Waals surface area contributed by atoms with Crippen molar-refractivity contribution in [2.24, 2.45) is 0 Å². The van der Waals surface area contributed by atoms with Gasteiger partial charge in [0.15, 0.2) is 0 Å². The Kier molecular flexibility index (Phi) is 5.72. The molecule has 0 aliphatic rings. The number of hydrogen-bond acceptors (Lipinski definition) is 3. The Morgan fingerprint density at radius 2 is 1.82 bits per heavy atom.